The van der Waals surface area contributed by atoms with Crippen LogP contribution in [0.4, 0.5) is 0 Å². The maximum Gasteiger partial charge on any atom is 0.259 e. The molecule has 0 aliphatic carbocycles. The van der Waals surface area contributed by atoms with Crippen molar-refractivity contribution < 1.29 is 9.59 Å². The van der Waals surface area contributed by atoms with Crippen LogP contribution in [-0.2, 0) is 16.0 Å². The highest BCUT2D eigenvalue weighted by Crippen LogP contribution is 2.25. The van der Waals surface area contributed by atoms with Crippen molar-refractivity contribution in [2.24, 2.45) is 5.92 Å². The first-order chi connectivity index (χ1) is 12.8. The number of aromatic nitrogens is 2. The third-order valence-electron chi connectivity index (χ3n) is 5.27. The number of carbonyl (C=O) groups excluding carboxylic acids is 2. The fourth-order valence-corrected chi connectivity index (χ4v) is 4.52. The van der Waals surface area contributed by atoms with E-state index in [0.29, 0.717) is 36.5 Å². The van der Waals surface area contributed by atoms with E-state index in [0.717, 1.165) is 41.2 Å². The molecular formula is C19H26N4O3S. The third-order valence-corrected chi connectivity index (χ3v) is 6.37. The third kappa shape index (κ3) is 4.55. The molecule has 1 aliphatic rings. The van der Waals surface area contributed by atoms with Gasteiger partial charge in [-0.05, 0) is 38.2 Å². The average molecular weight is 391 g/mol. The topological polar surface area (TPSA) is 95.2 Å². The summed E-state index contributed by atoms with van der Waals surface area (Å²) in [4.78, 5) is 46.9. The molecule has 27 heavy (non-hydrogen) atoms. The van der Waals surface area contributed by atoms with E-state index >= 15 is 0 Å². The SMILES string of the molecule is CC(=O)NCC1CCN(C(=O)CCc2nc3sc(C)c(C)c3c(=O)[nH]2)CC1. The number of likely N-dealkylation sites (tertiary alicyclic amines) is 1. The fourth-order valence-electron chi connectivity index (χ4n) is 3.48. The molecule has 0 spiro atoms. The number of carbonyl (C=O) groups is 2. The summed E-state index contributed by atoms with van der Waals surface area (Å²) < 4.78 is 0. The van der Waals surface area contributed by atoms with Crippen LogP contribution >= 0.6 is 11.3 Å². The molecule has 2 aromatic rings. The molecule has 3 rings (SSSR count). The first-order valence-electron chi connectivity index (χ1n) is 9.36. The molecule has 1 saturated heterocycles. The normalized spacial score (nSPS) is 15.3. The van der Waals surface area contributed by atoms with E-state index in [4.69, 9.17) is 0 Å². The lowest BCUT2D eigenvalue weighted by atomic mass is 9.96. The molecule has 0 aromatic carbocycles. The van der Waals surface area contributed by atoms with E-state index in [-0.39, 0.29) is 17.4 Å². The minimum absolute atomic E-state index is 0.0110. The Balaban J connectivity index is 1.55. The second-order valence-electron chi connectivity index (χ2n) is 7.24. The van der Waals surface area contributed by atoms with Crippen LogP contribution in [0.15, 0.2) is 4.79 Å². The van der Waals surface area contributed by atoms with Crippen molar-refractivity contribution in [1.29, 1.82) is 0 Å². The molecule has 146 valence electrons. The number of hydrogen-bond donors (Lipinski definition) is 2. The lowest BCUT2D eigenvalue weighted by Crippen LogP contribution is -2.41. The molecule has 0 saturated carbocycles. The van der Waals surface area contributed by atoms with E-state index < -0.39 is 0 Å². The Kier molecular flexibility index (Phi) is 5.94. The van der Waals surface area contributed by atoms with E-state index in [1.54, 1.807) is 0 Å². The molecule has 0 unspecified atom stereocenters. The largest absolute Gasteiger partial charge is 0.356 e. The molecular weight excluding hydrogens is 364 g/mol. The first-order valence-corrected chi connectivity index (χ1v) is 10.2. The number of aryl methyl sites for hydroxylation is 3. The van der Waals surface area contributed by atoms with Gasteiger partial charge in [-0.25, -0.2) is 4.98 Å². The van der Waals surface area contributed by atoms with Gasteiger partial charge in [-0.3, -0.25) is 14.4 Å². The smallest absolute Gasteiger partial charge is 0.259 e. The van der Waals surface area contributed by atoms with Crippen molar-refractivity contribution >= 4 is 33.4 Å². The van der Waals surface area contributed by atoms with Gasteiger partial charge in [0.15, 0.2) is 0 Å². The Hall–Kier alpha value is -2.22. The first kappa shape index (κ1) is 19.5. The molecule has 1 fully saturated rings. The summed E-state index contributed by atoms with van der Waals surface area (Å²) >= 11 is 1.52. The fraction of sp³-hybridized carbons (Fsp3) is 0.579. The summed E-state index contributed by atoms with van der Waals surface area (Å²) in [6.07, 6.45) is 2.58. The van der Waals surface area contributed by atoms with Crippen LogP contribution in [0.25, 0.3) is 10.2 Å². The molecule has 2 aromatic heterocycles. The molecule has 1 aliphatic heterocycles. The summed E-state index contributed by atoms with van der Waals surface area (Å²) in [6.45, 7) is 7.56. The quantitative estimate of drug-likeness (QED) is 0.815. The number of rotatable bonds is 5. The molecule has 3 heterocycles. The minimum atomic E-state index is -0.122. The second-order valence-corrected chi connectivity index (χ2v) is 8.44. The highest BCUT2D eigenvalue weighted by molar-refractivity contribution is 7.18. The van der Waals surface area contributed by atoms with Crippen molar-refractivity contribution in [3.8, 4) is 0 Å². The van der Waals surface area contributed by atoms with Crippen LogP contribution in [0.3, 0.4) is 0 Å². The Labute approximate surface area is 162 Å². The Bertz CT molecular complexity index is 910. The molecule has 0 bridgehead atoms. The standard InChI is InChI=1S/C19H26N4O3S/c1-11-12(2)27-19-17(11)18(26)21-15(22-19)4-5-16(25)23-8-6-14(7-9-23)10-20-13(3)24/h14H,4-10H2,1-3H3,(H,20,24)(H,21,22,26). The zero-order valence-electron chi connectivity index (χ0n) is 16.1. The molecule has 2 N–H and O–H groups in total. The summed E-state index contributed by atoms with van der Waals surface area (Å²) in [7, 11) is 0. The van der Waals surface area contributed by atoms with Gasteiger partial charge in [0.25, 0.3) is 5.56 Å². The Morgan fingerprint density at radius 1 is 1.30 bits per heavy atom. The van der Waals surface area contributed by atoms with Crippen LogP contribution in [-0.4, -0.2) is 46.3 Å². The highest BCUT2D eigenvalue weighted by Gasteiger charge is 2.23. The molecule has 7 nitrogen and oxygen atoms in total. The number of aromatic amines is 1. The summed E-state index contributed by atoms with van der Waals surface area (Å²) in [5.41, 5.74) is 0.858. The van der Waals surface area contributed by atoms with Gasteiger partial charge in [0.2, 0.25) is 11.8 Å². The summed E-state index contributed by atoms with van der Waals surface area (Å²) in [6, 6.07) is 0. The van der Waals surface area contributed by atoms with Gasteiger partial charge in [-0.2, -0.15) is 0 Å². The number of piperidine rings is 1. The van der Waals surface area contributed by atoms with Gasteiger partial charge in [-0.1, -0.05) is 0 Å². The minimum Gasteiger partial charge on any atom is -0.356 e. The zero-order chi connectivity index (χ0) is 19.6. The lowest BCUT2D eigenvalue weighted by molar-refractivity contribution is -0.132. The maximum absolute atomic E-state index is 12.5. The number of hydrogen-bond acceptors (Lipinski definition) is 5. The number of fused-ring (bicyclic) bond motifs is 1. The number of nitrogens with one attached hydrogen (secondary N) is 2. The highest BCUT2D eigenvalue weighted by atomic mass is 32.1. The zero-order valence-corrected chi connectivity index (χ0v) is 16.9. The number of amides is 2. The predicted molar refractivity (Wildman–Crippen MR) is 106 cm³/mol. The summed E-state index contributed by atoms with van der Waals surface area (Å²) in [5.74, 6) is 1.09. The number of H-pyrrole nitrogens is 1. The van der Waals surface area contributed by atoms with Crippen molar-refractivity contribution in [3.63, 3.8) is 0 Å². The van der Waals surface area contributed by atoms with Crippen LogP contribution in [0.5, 0.6) is 0 Å². The van der Waals surface area contributed by atoms with Crippen molar-refractivity contribution in [1.82, 2.24) is 20.2 Å². The molecule has 2 amide bonds. The van der Waals surface area contributed by atoms with Gasteiger partial charge >= 0.3 is 0 Å². The van der Waals surface area contributed by atoms with E-state index in [2.05, 4.69) is 15.3 Å². The number of nitrogens with zero attached hydrogens (tertiary/aromatic N) is 2. The molecule has 8 heteroatoms. The van der Waals surface area contributed by atoms with Gasteiger partial charge in [0.1, 0.15) is 10.7 Å². The maximum atomic E-state index is 12.5. The lowest BCUT2D eigenvalue weighted by Gasteiger charge is -2.32. The van der Waals surface area contributed by atoms with Crippen LogP contribution in [0.1, 0.15) is 42.5 Å². The molecule has 0 atom stereocenters. The van der Waals surface area contributed by atoms with Gasteiger partial charge in [0, 0.05) is 44.3 Å². The molecule has 0 radical (unpaired) electrons. The monoisotopic (exact) mass is 390 g/mol. The van der Waals surface area contributed by atoms with Crippen LogP contribution in [0.2, 0.25) is 0 Å². The van der Waals surface area contributed by atoms with Crippen molar-refractivity contribution in [3.05, 3.63) is 26.6 Å². The average Bonchev–Trinajstić information content (AvgIpc) is 2.92. The summed E-state index contributed by atoms with van der Waals surface area (Å²) in [5, 5.41) is 3.51. The van der Waals surface area contributed by atoms with Crippen molar-refractivity contribution in [2.75, 3.05) is 19.6 Å². The van der Waals surface area contributed by atoms with E-state index in [1.807, 2.05) is 18.7 Å². The van der Waals surface area contributed by atoms with Crippen molar-refractivity contribution in [2.45, 2.75) is 46.5 Å². The van der Waals surface area contributed by atoms with Gasteiger partial charge < -0.3 is 15.2 Å². The number of thiophene rings is 1. The van der Waals surface area contributed by atoms with Gasteiger partial charge in [0.05, 0.1) is 5.39 Å². The Morgan fingerprint density at radius 2 is 2.00 bits per heavy atom. The van der Waals surface area contributed by atoms with Gasteiger partial charge in [-0.15, -0.1) is 11.3 Å². The van der Waals surface area contributed by atoms with E-state index in [1.165, 1.54) is 18.3 Å². The van der Waals surface area contributed by atoms with Crippen LogP contribution in [0, 0.1) is 19.8 Å². The van der Waals surface area contributed by atoms with E-state index in [9.17, 15) is 14.4 Å². The second kappa shape index (κ2) is 8.21. The van der Waals surface area contributed by atoms with Crippen LogP contribution < -0.4 is 10.9 Å². The Morgan fingerprint density at radius 3 is 2.67 bits per heavy atom. The predicted octanol–water partition coefficient (Wildman–Crippen LogP) is 1.91.